The van der Waals surface area contributed by atoms with Crippen molar-refractivity contribution in [2.24, 2.45) is 11.7 Å². The Labute approximate surface area is 157 Å². The van der Waals surface area contributed by atoms with E-state index >= 15 is 0 Å². The van der Waals surface area contributed by atoms with Gasteiger partial charge in [0, 0.05) is 23.4 Å². The van der Waals surface area contributed by atoms with E-state index in [9.17, 15) is 4.79 Å². The summed E-state index contributed by atoms with van der Waals surface area (Å²) in [5.74, 6) is 11.5. The maximum absolute atomic E-state index is 11.7. The Morgan fingerprint density at radius 1 is 1.07 bits per heavy atom. The van der Waals surface area contributed by atoms with Crippen molar-refractivity contribution in [3.63, 3.8) is 0 Å². The van der Waals surface area contributed by atoms with Gasteiger partial charge in [0.15, 0.2) is 0 Å². The summed E-state index contributed by atoms with van der Waals surface area (Å²) in [6.45, 7) is 2.13. The molecule has 138 valence electrons. The molecule has 0 saturated heterocycles. The zero-order valence-corrected chi connectivity index (χ0v) is 14.9. The summed E-state index contributed by atoms with van der Waals surface area (Å²) in [4.78, 5) is 16.1. The maximum Gasteiger partial charge on any atom is 0.350 e. The van der Waals surface area contributed by atoms with Gasteiger partial charge in [-0.1, -0.05) is 42.5 Å². The van der Waals surface area contributed by atoms with Crippen LogP contribution in [-0.4, -0.2) is 11.0 Å². The molecule has 0 atom stereocenters. The van der Waals surface area contributed by atoms with Gasteiger partial charge in [0.1, 0.15) is 6.61 Å². The summed E-state index contributed by atoms with van der Waals surface area (Å²) in [6, 6.07) is 18.6. The number of ether oxygens (including phenoxy) is 1. The van der Waals surface area contributed by atoms with Gasteiger partial charge in [-0.15, -0.1) is 0 Å². The van der Waals surface area contributed by atoms with Gasteiger partial charge in [0.25, 0.3) is 0 Å². The third-order valence-electron chi connectivity index (χ3n) is 4.20. The number of nitrogens with zero attached hydrogens (tertiary/aromatic N) is 2. The van der Waals surface area contributed by atoms with Crippen LogP contribution in [0.5, 0.6) is 5.88 Å². The molecule has 5 N–H and O–H groups in total. The number of carbonyl (C=O) groups excluding carboxylic acids is 1. The van der Waals surface area contributed by atoms with E-state index in [4.69, 9.17) is 16.4 Å². The van der Waals surface area contributed by atoms with E-state index in [1.807, 2.05) is 66.9 Å². The SMILES string of the molecule is Cc1cccc(N(N)C(=O)NN)c1COc1ccc(-c2ccccc2)cn1. The second-order valence-corrected chi connectivity index (χ2v) is 5.93. The molecular weight excluding hydrogens is 342 g/mol. The molecule has 0 bridgehead atoms. The van der Waals surface area contributed by atoms with Gasteiger partial charge >= 0.3 is 6.03 Å². The fourth-order valence-electron chi connectivity index (χ4n) is 2.69. The van der Waals surface area contributed by atoms with Crippen LogP contribution in [0, 0.1) is 6.92 Å². The second kappa shape index (κ2) is 8.31. The second-order valence-electron chi connectivity index (χ2n) is 5.93. The predicted molar refractivity (Wildman–Crippen MR) is 105 cm³/mol. The summed E-state index contributed by atoms with van der Waals surface area (Å²) in [6.07, 6.45) is 1.76. The first-order chi connectivity index (χ1) is 13.1. The fourth-order valence-corrected chi connectivity index (χ4v) is 2.69. The largest absolute Gasteiger partial charge is 0.473 e. The van der Waals surface area contributed by atoms with Crippen molar-refractivity contribution in [2.45, 2.75) is 13.5 Å². The number of nitrogens with two attached hydrogens (primary N) is 2. The molecule has 27 heavy (non-hydrogen) atoms. The Morgan fingerprint density at radius 2 is 1.85 bits per heavy atom. The van der Waals surface area contributed by atoms with Crippen LogP contribution in [0.15, 0.2) is 66.9 Å². The van der Waals surface area contributed by atoms with Gasteiger partial charge < -0.3 is 4.74 Å². The van der Waals surface area contributed by atoms with Crippen molar-refractivity contribution in [3.8, 4) is 17.0 Å². The molecule has 0 aliphatic carbocycles. The van der Waals surface area contributed by atoms with E-state index in [2.05, 4.69) is 4.98 Å². The lowest BCUT2D eigenvalue weighted by atomic mass is 10.1. The number of hydrazine groups is 2. The minimum absolute atomic E-state index is 0.214. The summed E-state index contributed by atoms with van der Waals surface area (Å²) in [5, 5.41) is 0.956. The lowest BCUT2D eigenvalue weighted by molar-refractivity contribution is 0.246. The van der Waals surface area contributed by atoms with Gasteiger partial charge in [-0.2, -0.15) is 0 Å². The third kappa shape index (κ3) is 4.22. The molecule has 0 aliphatic heterocycles. The van der Waals surface area contributed by atoms with Crippen LogP contribution < -0.4 is 26.9 Å². The summed E-state index contributed by atoms with van der Waals surface area (Å²) >= 11 is 0. The molecule has 1 aromatic heterocycles. The summed E-state index contributed by atoms with van der Waals surface area (Å²) < 4.78 is 5.81. The predicted octanol–water partition coefficient (Wildman–Crippen LogP) is 2.90. The minimum Gasteiger partial charge on any atom is -0.473 e. The Bertz CT molecular complexity index is 913. The van der Waals surface area contributed by atoms with Gasteiger partial charge in [0.2, 0.25) is 5.88 Å². The first-order valence-electron chi connectivity index (χ1n) is 8.38. The van der Waals surface area contributed by atoms with Crippen molar-refractivity contribution in [1.29, 1.82) is 0 Å². The maximum atomic E-state index is 11.7. The van der Waals surface area contributed by atoms with Crippen LogP contribution in [0.2, 0.25) is 0 Å². The van der Waals surface area contributed by atoms with Crippen LogP contribution in [-0.2, 0) is 6.61 Å². The average molecular weight is 363 g/mol. The number of benzene rings is 2. The first-order valence-corrected chi connectivity index (χ1v) is 8.38. The zero-order valence-electron chi connectivity index (χ0n) is 14.9. The number of pyridine rings is 1. The number of urea groups is 1. The number of amides is 2. The smallest absolute Gasteiger partial charge is 0.350 e. The van der Waals surface area contributed by atoms with Crippen LogP contribution in [0.4, 0.5) is 10.5 Å². The molecule has 0 fully saturated rings. The van der Waals surface area contributed by atoms with Crippen LogP contribution >= 0.6 is 0 Å². The molecule has 3 rings (SSSR count). The van der Waals surface area contributed by atoms with Gasteiger partial charge in [-0.25, -0.2) is 26.5 Å². The Morgan fingerprint density at radius 3 is 2.52 bits per heavy atom. The van der Waals surface area contributed by atoms with Crippen LogP contribution in [0.3, 0.4) is 0 Å². The van der Waals surface area contributed by atoms with E-state index in [1.165, 1.54) is 0 Å². The monoisotopic (exact) mass is 363 g/mol. The van der Waals surface area contributed by atoms with Gasteiger partial charge in [-0.05, 0) is 30.2 Å². The third-order valence-corrected chi connectivity index (χ3v) is 4.20. The Hall–Kier alpha value is -3.42. The molecule has 7 heteroatoms. The molecule has 1 heterocycles. The van der Waals surface area contributed by atoms with Crippen molar-refractivity contribution < 1.29 is 9.53 Å². The number of rotatable bonds is 5. The molecule has 0 radical (unpaired) electrons. The molecule has 2 aromatic carbocycles. The fraction of sp³-hybridized carbons (Fsp3) is 0.100. The highest BCUT2D eigenvalue weighted by Gasteiger charge is 2.16. The van der Waals surface area contributed by atoms with E-state index in [-0.39, 0.29) is 6.61 Å². The molecule has 0 aliphatic rings. The number of aromatic nitrogens is 1. The average Bonchev–Trinajstić information content (AvgIpc) is 2.72. The van der Waals surface area contributed by atoms with Gasteiger partial charge in [0.05, 0.1) is 5.69 Å². The lowest BCUT2D eigenvalue weighted by Gasteiger charge is -2.21. The summed E-state index contributed by atoms with van der Waals surface area (Å²) in [7, 11) is 0. The van der Waals surface area contributed by atoms with E-state index in [1.54, 1.807) is 12.3 Å². The summed E-state index contributed by atoms with van der Waals surface area (Å²) in [5.41, 5.74) is 6.34. The van der Waals surface area contributed by atoms with Crippen molar-refractivity contribution in [1.82, 2.24) is 10.4 Å². The quantitative estimate of drug-likeness (QED) is 0.367. The minimum atomic E-state index is -0.618. The molecule has 7 nitrogen and oxygen atoms in total. The zero-order chi connectivity index (χ0) is 19.2. The van der Waals surface area contributed by atoms with E-state index in [0.717, 1.165) is 27.3 Å². The van der Waals surface area contributed by atoms with Crippen LogP contribution in [0.1, 0.15) is 11.1 Å². The molecular formula is C20H21N5O2. The lowest BCUT2D eigenvalue weighted by Crippen LogP contribution is -2.48. The number of nitrogens with one attached hydrogen (secondary N) is 1. The molecule has 2 amide bonds. The highest BCUT2D eigenvalue weighted by Crippen LogP contribution is 2.25. The van der Waals surface area contributed by atoms with Gasteiger partial charge in [-0.3, -0.25) is 5.43 Å². The first kappa shape index (κ1) is 18.4. The van der Waals surface area contributed by atoms with Crippen LogP contribution in [0.25, 0.3) is 11.1 Å². The Kier molecular flexibility index (Phi) is 5.65. The molecule has 3 aromatic rings. The topological polar surface area (TPSA) is 106 Å². The molecule has 0 saturated carbocycles. The normalized spacial score (nSPS) is 10.3. The Balaban J connectivity index is 1.76. The highest BCUT2D eigenvalue weighted by atomic mass is 16.5. The van der Waals surface area contributed by atoms with Crippen molar-refractivity contribution in [2.75, 3.05) is 5.01 Å². The number of aryl methyl sites for hydroxylation is 1. The number of hydrogen-bond acceptors (Lipinski definition) is 5. The standard InChI is InChI=1S/C20H21N5O2/c1-14-6-5-9-18(25(22)20(26)24-21)17(14)13-27-19-11-10-16(12-23-19)15-7-3-2-4-8-15/h2-12H,13,21-22H2,1H3,(H,24,26). The number of carbonyl (C=O) groups is 1. The highest BCUT2D eigenvalue weighted by molar-refractivity contribution is 5.91. The molecule has 0 spiro atoms. The molecule has 0 unspecified atom stereocenters. The van der Waals surface area contributed by atoms with Crippen molar-refractivity contribution in [3.05, 3.63) is 78.0 Å². The van der Waals surface area contributed by atoms with E-state index in [0.29, 0.717) is 11.6 Å². The van der Waals surface area contributed by atoms with E-state index < -0.39 is 6.03 Å². The van der Waals surface area contributed by atoms with Crippen molar-refractivity contribution >= 4 is 11.7 Å². The number of anilines is 1. The number of hydrogen-bond donors (Lipinski definition) is 3.